The van der Waals surface area contributed by atoms with Gasteiger partial charge in [0.15, 0.2) is 10.3 Å². The summed E-state index contributed by atoms with van der Waals surface area (Å²) in [6.07, 6.45) is 0. The van der Waals surface area contributed by atoms with Crippen molar-refractivity contribution in [3.63, 3.8) is 0 Å². The lowest BCUT2D eigenvalue weighted by Crippen LogP contribution is -2.14. The zero-order valence-electron chi connectivity index (χ0n) is 12.5. The molecule has 0 unspecified atom stereocenters. The van der Waals surface area contributed by atoms with E-state index in [4.69, 9.17) is 5.73 Å². The van der Waals surface area contributed by atoms with Crippen LogP contribution in [0.1, 0.15) is 43.1 Å². The summed E-state index contributed by atoms with van der Waals surface area (Å²) >= 11 is 2.65. The lowest BCUT2D eigenvalue weighted by atomic mass is 9.93. The third-order valence-corrected chi connectivity index (χ3v) is 4.47. The number of hydrogen-bond donors (Lipinski definition) is 3. The molecule has 0 fully saturated rings. The van der Waals surface area contributed by atoms with E-state index in [0.717, 1.165) is 12.2 Å². The van der Waals surface area contributed by atoms with E-state index in [9.17, 15) is 4.79 Å². The van der Waals surface area contributed by atoms with Crippen molar-refractivity contribution in [1.82, 2.24) is 9.97 Å². The quantitative estimate of drug-likeness (QED) is 0.803. The third-order valence-electron chi connectivity index (χ3n) is 2.68. The van der Waals surface area contributed by atoms with Crippen molar-refractivity contribution in [2.24, 2.45) is 0 Å². The van der Waals surface area contributed by atoms with Crippen molar-refractivity contribution in [2.75, 3.05) is 22.9 Å². The Hall–Kier alpha value is -1.67. The van der Waals surface area contributed by atoms with Gasteiger partial charge in [-0.1, -0.05) is 32.1 Å². The molecule has 6 nitrogen and oxygen atoms in total. The van der Waals surface area contributed by atoms with E-state index in [1.54, 1.807) is 0 Å². The lowest BCUT2D eigenvalue weighted by Gasteiger charge is -2.14. The smallest absolute Gasteiger partial charge is 0.271 e. The standard InChI is InChI=1S/C13H19N5OS2/c1-5-15-11-17-9(14)8(21-11)10(19)18-12-16-7(6-20-12)13(2,3)4/h6H,5,14H2,1-4H3,(H,15,17)(H,16,18,19). The number of carbonyl (C=O) groups is 1. The molecule has 2 aromatic heterocycles. The Kier molecular flexibility index (Phi) is 4.48. The van der Waals surface area contributed by atoms with Crippen LogP contribution in [0.4, 0.5) is 16.1 Å². The Balaban J connectivity index is 2.13. The normalized spacial score (nSPS) is 11.4. The van der Waals surface area contributed by atoms with Gasteiger partial charge in [-0.3, -0.25) is 10.1 Å². The van der Waals surface area contributed by atoms with Gasteiger partial charge < -0.3 is 11.1 Å². The molecule has 8 heteroatoms. The highest BCUT2D eigenvalue weighted by molar-refractivity contribution is 7.18. The largest absolute Gasteiger partial charge is 0.382 e. The first-order valence-electron chi connectivity index (χ1n) is 6.58. The number of aromatic nitrogens is 2. The molecule has 1 amide bonds. The molecule has 2 aromatic rings. The van der Waals surface area contributed by atoms with Crippen LogP contribution in [0.5, 0.6) is 0 Å². The van der Waals surface area contributed by atoms with Crippen LogP contribution in [0, 0.1) is 0 Å². The summed E-state index contributed by atoms with van der Waals surface area (Å²) in [6, 6.07) is 0. The number of hydrogen-bond acceptors (Lipinski definition) is 7. The molecule has 114 valence electrons. The predicted octanol–water partition coefficient (Wildman–Crippen LogP) is 3.16. The first kappa shape index (κ1) is 15.7. The van der Waals surface area contributed by atoms with Crippen LogP contribution in [0.15, 0.2) is 5.38 Å². The maximum Gasteiger partial charge on any atom is 0.271 e. The number of anilines is 3. The summed E-state index contributed by atoms with van der Waals surface area (Å²) in [5.74, 6) is -0.0370. The van der Waals surface area contributed by atoms with Crippen molar-refractivity contribution >= 4 is 44.7 Å². The summed E-state index contributed by atoms with van der Waals surface area (Å²) in [5, 5.41) is 9.00. The third kappa shape index (κ3) is 3.70. The summed E-state index contributed by atoms with van der Waals surface area (Å²) in [7, 11) is 0. The highest BCUT2D eigenvalue weighted by Gasteiger charge is 2.20. The molecule has 4 N–H and O–H groups in total. The Morgan fingerprint density at radius 2 is 2.05 bits per heavy atom. The fraction of sp³-hybridized carbons (Fsp3) is 0.462. The van der Waals surface area contributed by atoms with E-state index in [0.29, 0.717) is 15.1 Å². The highest BCUT2D eigenvalue weighted by atomic mass is 32.1. The number of carbonyl (C=O) groups excluding carboxylic acids is 1. The molecule has 0 aliphatic heterocycles. The average molecular weight is 325 g/mol. The van der Waals surface area contributed by atoms with E-state index in [1.807, 2.05) is 12.3 Å². The minimum atomic E-state index is -0.274. The summed E-state index contributed by atoms with van der Waals surface area (Å²) in [4.78, 5) is 21.2. The van der Waals surface area contributed by atoms with Gasteiger partial charge in [0.1, 0.15) is 10.7 Å². The topological polar surface area (TPSA) is 92.9 Å². The van der Waals surface area contributed by atoms with Crippen molar-refractivity contribution in [1.29, 1.82) is 0 Å². The van der Waals surface area contributed by atoms with Crippen LogP contribution in [0.3, 0.4) is 0 Å². The second kappa shape index (κ2) is 5.98. The minimum Gasteiger partial charge on any atom is -0.382 e. The molecule has 0 saturated carbocycles. The zero-order valence-corrected chi connectivity index (χ0v) is 14.1. The van der Waals surface area contributed by atoms with Crippen LogP contribution in [0.2, 0.25) is 0 Å². The number of nitrogens with two attached hydrogens (primary N) is 1. The number of nitrogens with one attached hydrogen (secondary N) is 2. The van der Waals surface area contributed by atoms with Gasteiger partial charge in [0.2, 0.25) is 0 Å². The summed E-state index contributed by atoms with van der Waals surface area (Å²) in [5.41, 5.74) is 6.69. The Morgan fingerprint density at radius 3 is 2.62 bits per heavy atom. The first-order valence-corrected chi connectivity index (χ1v) is 8.28. The lowest BCUT2D eigenvalue weighted by molar-refractivity contribution is 0.103. The van der Waals surface area contributed by atoms with Crippen molar-refractivity contribution in [2.45, 2.75) is 33.1 Å². The number of nitrogens with zero attached hydrogens (tertiary/aromatic N) is 2. The average Bonchev–Trinajstić information content (AvgIpc) is 2.96. The molecular weight excluding hydrogens is 306 g/mol. The van der Waals surface area contributed by atoms with Crippen molar-refractivity contribution in [3.8, 4) is 0 Å². The molecule has 0 bridgehead atoms. The zero-order chi connectivity index (χ0) is 15.6. The van der Waals surface area contributed by atoms with Crippen LogP contribution >= 0.6 is 22.7 Å². The van der Waals surface area contributed by atoms with Gasteiger partial charge in [0.05, 0.1) is 5.69 Å². The van der Waals surface area contributed by atoms with E-state index in [1.165, 1.54) is 22.7 Å². The first-order chi connectivity index (χ1) is 9.81. The van der Waals surface area contributed by atoms with E-state index in [2.05, 4.69) is 41.4 Å². The van der Waals surface area contributed by atoms with E-state index >= 15 is 0 Å². The molecule has 2 heterocycles. The molecule has 0 saturated heterocycles. The number of thiazole rings is 2. The van der Waals surface area contributed by atoms with Crippen LogP contribution in [-0.2, 0) is 5.41 Å². The highest BCUT2D eigenvalue weighted by Crippen LogP contribution is 2.29. The monoisotopic (exact) mass is 325 g/mol. The van der Waals surface area contributed by atoms with Crippen LogP contribution in [0.25, 0.3) is 0 Å². The van der Waals surface area contributed by atoms with Gasteiger partial charge in [-0.25, -0.2) is 9.97 Å². The molecule has 0 atom stereocenters. The number of nitrogen functional groups attached to an aromatic ring is 1. The van der Waals surface area contributed by atoms with E-state index < -0.39 is 0 Å². The second-order valence-electron chi connectivity index (χ2n) is 5.51. The SMILES string of the molecule is CCNc1nc(N)c(C(=O)Nc2nc(C(C)(C)C)cs2)s1. The number of amides is 1. The molecule has 0 aliphatic rings. The van der Waals surface area contributed by atoms with Gasteiger partial charge in [0, 0.05) is 17.3 Å². The Bertz CT molecular complexity index is 641. The fourth-order valence-corrected chi connectivity index (χ4v) is 3.33. The fourth-order valence-electron chi connectivity index (χ4n) is 1.55. The second-order valence-corrected chi connectivity index (χ2v) is 7.36. The maximum atomic E-state index is 12.2. The Morgan fingerprint density at radius 1 is 1.33 bits per heavy atom. The van der Waals surface area contributed by atoms with Gasteiger partial charge >= 0.3 is 0 Å². The molecule has 0 aliphatic carbocycles. The van der Waals surface area contributed by atoms with Crippen LogP contribution in [-0.4, -0.2) is 22.4 Å². The van der Waals surface area contributed by atoms with Gasteiger partial charge in [-0.05, 0) is 6.92 Å². The number of rotatable bonds is 4. The maximum absolute atomic E-state index is 12.2. The molecular formula is C13H19N5OS2. The molecule has 0 aromatic carbocycles. The summed E-state index contributed by atoms with van der Waals surface area (Å²) in [6.45, 7) is 8.93. The molecule has 0 radical (unpaired) electrons. The molecule has 0 spiro atoms. The van der Waals surface area contributed by atoms with Gasteiger partial charge in [-0.2, -0.15) is 0 Å². The van der Waals surface area contributed by atoms with Crippen molar-refractivity contribution < 1.29 is 4.79 Å². The van der Waals surface area contributed by atoms with Crippen LogP contribution < -0.4 is 16.4 Å². The van der Waals surface area contributed by atoms with Gasteiger partial charge in [-0.15, -0.1) is 11.3 Å². The Labute approximate surface area is 131 Å². The summed E-state index contributed by atoms with van der Waals surface area (Å²) < 4.78 is 0. The molecule has 21 heavy (non-hydrogen) atoms. The predicted molar refractivity (Wildman–Crippen MR) is 89.5 cm³/mol. The molecule has 2 rings (SSSR count). The van der Waals surface area contributed by atoms with E-state index in [-0.39, 0.29) is 17.1 Å². The van der Waals surface area contributed by atoms with Gasteiger partial charge in [0.25, 0.3) is 5.91 Å². The minimum absolute atomic E-state index is 0.0405. The van der Waals surface area contributed by atoms with Crippen molar-refractivity contribution in [3.05, 3.63) is 16.0 Å².